The summed E-state index contributed by atoms with van der Waals surface area (Å²) in [5.74, 6) is -1.31. The summed E-state index contributed by atoms with van der Waals surface area (Å²) in [5, 5.41) is 2.72. The van der Waals surface area contributed by atoms with Gasteiger partial charge in [-0.2, -0.15) is 0 Å². The number of carbonyl (C=O) groups is 3. The third-order valence-electron chi connectivity index (χ3n) is 5.05. The minimum absolute atomic E-state index is 0.0325. The molecule has 134 valence electrons. The highest BCUT2D eigenvalue weighted by molar-refractivity contribution is 9.10. The number of amides is 3. The SMILES string of the molecule is NC(=O)[C@@H](NC(=O)[C@@H]1CC(=O)N(C2CCCC2)C1)c1cccc(Br)c1. The summed E-state index contributed by atoms with van der Waals surface area (Å²) in [6.07, 6.45) is 4.51. The maximum atomic E-state index is 12.6. The van der Waals surface area contributed by atoms with Crippen molar-refractivity contribution in [3.63, 3.8) is 0 Å². The monoisotopic (exact) mass is 407 g/mol. The molecule has 2 fully saturated rings. The first-order chi connectivity index (χ1) is 12.0. The second-order valence-corrected chi connectivity index (χ2v) is 7.70. The number of nitrogens with two attached hydrogens (primary N) is 1. The van der Waals surface area contributed by atoms with Crippen molar-refractivity contribution in [3.8, 4) is 0 Å². The molecule has 1 aliphatic heterocycles. The normalized spacial score (nSPS) is 22.2. The Bertz CT molecular complexity index is 688. The number of rotatable bonds is 5. The van der Waals surface area contributed by atoms with Crippen molar-refractivity contribution in [2.24, 2.45) is 11.7 Å². The molecule has 1 saturated carbocycles. The molecule has 25 heavy (non-hydrogen) atoms. The Balaban J connectivity index is 1.68. The molecular formula is C18H22BrN3O3. The summed E-state index contributed by atoms with van der Waals surface area (Å²) < 4.78 is 0.800. The van der Waals surface area contributed by atoms with Crippen LogP contribution in [0.4, 0.5) is 0 Å². The number of carbonyl (C=O) groups excluding carboxylic acids is 3. The van der Waals surface area contributed by atoms with E-state index in [1.165, 1.54) is 0 Å². The van der Waals surface area contributed by atoms with Gasteiger partial charge in [-0.25, -0.2) is 0 Å². The molecule has 1 saturated heterocycles. The van der Waals surface area contributed by atoms with Crippen LogP contribution in [0, 0.1) is 5.92 Å². The lowest BCUT2D eigenvalue weighted by atomic mass is 10.0. The van der Waals surface area contributed by atoms with Crippen LogP contribution in [-0.2, 0) is 14.4 Å². The molecule has 1 aliphatic carbocycles. The van der Waals surface area contributed by atoms with E-state index >= 15 is 0 Å². The minimum atomic E-state index is -0.902. The zero-order chi connectivity index (χ0) is 18.0. The molecule has 0 unspecified atom stereocenters. The number of hydrogen-bond acceptors (Lipinski definition) is 3. The standard InChI is InChI=1S/C18H22BrN3O3/c19-13-5-3-4-11(8-13)16(17(20)24)21-18(25)12-9-15(23)22(10-12)14-6-1-2-7-14/h3-5,8,12,14,16H,1-2,6-7,9-10H2,(H2,20,24)(H,21,25)/t12-,16+/m1/s1. The summed E-state index contributed by atoms with van der Waals surface area (Å²) in [4.78, 5) is 38.5. The third-order valence-corrected chi connectivity index (χ3v) is 5.54. The van der Waals surface area contributed by atoms with Crippen LogP contribution in [0.15, 0.2) is 28.7 Å². The summed E-state index contributed by atoms with van der Waals surface area (Å²) in [5.41, 5.74) is 6.09. The number of benzene rings is 1. The van der Waals surface area contributed by atoms with E-state index in [1.807, 2.05) is 11.0 Å². The Kier molecular flexibility index (Phi) is 5.42. The molecule has 1 aromatic rings. The van der Waals surface area contributed by atoms with E-state index in [1.54, 1.807) is 18.2 Å². The van der Waals surface area contributed by atoms with Gasteiger partial charge in [0.1, 0.15) is 6.04 Å². The van der Waals surface area contributed by atoms with Gasteiger partial charge >= 0.3 is 0 Å². The second kappa shape index (κ2) is 7.56. The van der Waals surface area contributed by atoms with E-state index in [0.29, 0.717) is 12.1 Å². The van der Waals surface area contributed by atoms with Crippen molar-refractivity contribution in [1.82, 2.24) is 10.2 Å². The summed E-state index contributed by atoms with van der Waals surface area (Å²) >= 11 is 3.35. The van der Waals surface area contributed by atoms with Crippen molar-refractivity contribution in [1.29, 1.82) is 0 Å². The Morgan fingerprint density at radius 3 is 2.64 bits per heavy atom. The van der Waals surface area contributed by atoms with Gasteiger partial charge in [0, 0.05) is 23.5 Å². The molecule has 7 heteroatoms. The van der Waals surface area contributed by atoms with Crippen LogP contribution < -0.4 is 11.1 Å². The summed E-state index contributed by atoms with van der Waals surface area (Å²) in [7, 11) is 0. The van der Waals surface area contributed by atoms with E-state index in [0.717, 1.165) is 30.2 Å². The van der Waals surface area contributed by atoms with Gasteiger partial charge in [-0.1, -0.05) is 40.9 Å². The highest BCUT2D eigenvalue weighted by Crippen LogP contribution is 2.30. The fourth-order valence-corrected chi connectivity index (χ4v) is 4.16. The molecule has 3 rings (SSSR count). The quantitative estimate of drug-likeness (QED) is 0.779. The lowest BCUT2D eigenvalue weighted by Crippen LogP contribution is -2.41. The molecule has 2 atom stereocenters. The molecular weight excluding hydrogens is 386 g/mol. The number of likely N-dealkylation sites (tertiary alicyclic amines) is 1. The van der Waals surface area contributed by atoms with Crippen molar-refractivity contribution in [3.05, 3.63) is 34.3 Å². The summed E-state index contributed by atoms with van der Waals surface area (Å²) in [6, 6.07) is 6.47. The maximum Gasteiger partial charge on any atom is 0.244 e. The van der Waals surface area contributed by atoms with Gasteiger partial charge in [-0.05, 0) is 30.5 Å². The number of hydrogen-bond donors (Lipinski definition) is 2. The highest BCUT2D eigenvalue weighted by Gasteiger charge is 2.39. The van der Waals surface area contributed by atoms with Gasteiger partial charge in [0.25, 0.3) is 0 Å². The summed E-state index contributed by atoms with van der Waals surface area (Å²) in [6.45, 7) is 0.430. The van der Waals surface area contributed by atoms with E-state index in [2.05, 4.69) is 21.2 Å². The molecule has 1 aromatic carbocycles. The average molecular weight is 408 g/mol. The van der Waals surface area contributed by atoms with E-state index in [9.17, 15) is 14.4 Å². The van der Waals surface area contributed by atoms with Crippen LogP contribution in [0.2, 0.25) is 0 Å². The molecule has 3 amide bonds. The maximum absolute atomic E-state index is 12.6. The Hall–Kier alpha value is -1.89. The first-order valence-electron chi connectivity index (χ1n) is 8.60. The number of halogens is 1. The fourth-order valence-electron chi connectivity index (χ4n) is 3.74. The zero-order valence-corrected chi connectivity index (χ0v) is 15.5. The number of nitrogens with zero attached hydrogens (tertiary/aromatic N) is 1. The van der Waals surface area contributed by atoms with Gasteiger partial charge in [-0.15, -0.1) is 0 Å². The molecule has 0 radical (unpaired) electrons. The first kappa shape index (κ1) is 17.9. The van der Waals surface area contributed by atoms with Crippen LogP contribution in [0.5, 0.6) is 0 Å². The Morgan fingerprint density at radius 1 is 1.28 bits per heavy atom. The van der Waals surface area contributed by atoms with Crippen molar-refractivity contribution >= 4 is 33.7 Å². The van der Waals surface area contributed by atoms with Gasteiger partial charge in [0.05, 0.1) is 5.92 Å². The van der Waals surface area contributed by atoms with Crippen molar-refractivity contribution in [2.75, 3.05) is 6.54 Å². The predicted molar refractivity (Wildman–Crippen MR) is 96.3 cm³/mol. The second-order valence-electron chi connectivity index (χ2n) is 6.78. The lowest BCUT2D eigenvalue weighted by Gasteiger charge is -2.24. The first-order valence-corrected chi connectivity index (χ1v) is 9.39. The molecule has 6 nitrogen and oxygen atoms in total. The predicted octanol–water partition coefficient (Wildman–Crippen LogP) is 1.88. The molecule has 0 bridgehead atoms. The number of primary amides is 1. The molecule has 3 N–H and O–H groups in total. The van der Waals surface area contributed by atoms with Gasteiger partial charge < -0.3 is 16.0 Å². The smallest absolute Gasteiger partial charge is 0.244 e. The van der Waals surface area contributed by atoms with E-state index < -0.39 is 17.9 Å². The van der Waals surface area contributed by atoms with Crippen LogP contribution in [0.1, 0.15) is 43.7 Å². The Labute approximate surface area is 155 Å². The highest BCUT2D eigenvalue weighted by atomic mass is 79.9. The van der Waals surface area contributed by atoms with Crippen LogP contribution in [0.25, 0.3) is 0 Å². The van der Waals surface area contributed by atoms with Gasteiger partial charge in [0.2, 0.25) is 17.7 Å². The van der Waals surface area contributed by atoms with Crippen molar-refractivity contribution < 1.29 is 14.4 Å². The lowest BCUT2D eigenvalue weighted by molar-refractivity contribution is -0.131. The molecule has 2 aliphatic rings. The molecule has 0 aromatic heterocycles. The Morgan fingerprint density at radius 2 is 2.00 bits per heavy atom. The largest absolute Gasteiger partial charge is 0.368 e. The van der Waals surface area contributed by atoms with Gasteiger partial charge in [-0.3, -0.25) is 14.4 Å². The van der Waals surface area contributed by atoms with Crippen molar-refractivity contribution in [2.45, 2.75) is 44.2 Å². The zero-order valence-electron chi connectivity index (χ0n) is 13.9. The van der Waals surface area contributed by atoms with E-state index in [-0.39, 0.29) is 24.3 Å². The van der Waals surface area contributed by atoms with E-state index in [4.69, 9.17) is 5.73 Å². The molecule has 1 heterocycles. The number of nitrogens with one attached hydrogen (secondary N) is 1. The average Bonchev–Trinajstić information content (AvgIpc) is 3.21. The van der Waals surface area contributed by atoms with Gasteiger partial charge in [0.15, 0.2) is 0 Å². The third kappa shape index (κ3) is 4.03. The fraction of sp³-hybridized carbons (Fsp3) is 0.500. The van der Waals surface area contributed by atoms with Crippen LogP contribution in [-0.4, -0.2) is 35.2 Å². The molecule has 0 spiro atoms. The topological polar surface area (TPSA) is 92.5 Å². The van der Waals surface area contributed by atoms with Crippen LogP contribution in [0.3, 0.4) is 0 Å². The minimum Gasteiger partial charge on any atom is -0.368 e. The van der Waals surface area contributed by atoms with Crippen LogP contribution >= 0.6 is 15.9 Å².